The Hall–Kier alpha value is -4.05. The fourth-order valence-electron chi connectivity index (χ4n) is 3.80. The Morgan fingerprint density at radius 3 is 2.31 bits per heavy atom. The normalized spacial score (nSPS) is 12.7. The maximum Gasteiger partial charge on any atom is 0.312 e. The molecule has 1 heterocycles. The summed E-state index contributed by atoms with van der Waals surface area (Å²) in [6, 6.07) is 12.4. The molecule has 3 rings (SSSR count). The lowest BCUT2D eigenvalue weighted by Gasteiger charge is -2.27. The van der Waals surface area contributed by atoms with Gasteiger partial charge in [0.1, 0.15) is 5.69 Å². The number of halogens is 2. The van der Waals surface area contributed by atoms with Gasteiger partial charge in [0.25, 0.3) is 5.91 Å². The fraction of sp³-hybridized carbons (Fsp3) is 0.240. The summed E-state index contributed by atoms with van der Waals surface area (Å²) in [4.78, 5) is 30.3. The third kappa shape index (κ3) is 6.73. The summed E-state index contributed by atoms with van der Waals surface area (Å²) in [5.41, 5.74) is 13.6. The molecule has 0 saturated carbocycles. The first kappa shape index (κ1) is 25.6. The average Bonchev–Trinajstić information content (AvgIpc) is 2.81. The highest BCUT2D eigenvalue weighted by molar-refractivity contribution is 6.04. The lowest BCUT2D eigenvalue weighted by molar-refractivity contribution is 0.102. The zero-order valence-electron chi connectivity index (χ0n) is 19.5. The number of nitrogens with two attached hydrogens (primary N) is 2. The Labute approximate surface area is 202 Å². The van der Waals surface area contributed by atoms with E-state index >= 15 is 0 Å². The van der Waals surface area contributed by atoms with E-state index in [4.69, 9.17) is 11.5 Å². The summed E-state index contributed by atoms with van der Waals surface area (Å²) in [5, 5.41) is 5.40. The molecule has 35 heavy (non-hydrogen) atoms. The molecular weight excluding hydrogens is 454 g/mol. The number of pyridine rings is 1. The largest absolute Gasteiger partial charge is 0.397 e. The molecule has 184 valence electrons. The molecule has 3 amide bonds. The number of aromatic nitrogens is 1. The van der Waals surface area contributed by atoms with Crippen molar-refractivity contribution in [1.29, 1.82) is 0 Å². The Morgan fingerprint density at radius 1 is 1.00 bits per heavy atom. The van der Waals surface area contributed by atoms with Crippen LogP contribution in [-0.2, 0) is 0 Å². The van der Waals surface area contributed by atoms with Gasteiger partial charge in [0.15, 0.2) is 11.6 Å². The Kier molecular flexibility index (Phi) is 8.32. The quantitative estimate of drug-likeness (QED) is 0.343. The maximum atomic E-state index is 13.8. The van der Waals surface area contributed by atoms with Crippen LogP contribution in [0.25, 0.3) is 0 Å². The third-order valence-corrected chi connectivity index (χ3v) is 5.63. The number of nitrogens with one attached hydrogen (secondary N) is 2. The number of primary amides is 1. The van der Waals surface area contributed by atoms with Gasteiger partial charge in [-0.1, -0.05) is 24.3 Å². The third-order valence-electron chi connectivity index (χ3n) is 5.63. The van der Waals surface area contributed by atoms with Gasteiger partial charge in [-0.05, 0) is 68.4 Å². The molecule has 2 aromatic carbocycles. The SMILES string of the molecule is CN(C)C(CCC(NC(N)=O)c1ccc(C(=O)Nc2ccccc2N)nc1)c1ccc(F)c(F)c1. The molecule has 8 nitrogen and oxygen atoms in total. The number of nitrogens with zero attached hydrogens (tertiary/aromatic N) is 2. The minimum atomic E-state index is -0.920. The highest BCUT2D eigenvalue weighted by atomic mass is 19.2. The summed E-state index contributed by atoms with van der Waals surface area (Å²) < 4.78 is 27.2. The molecule has 0 bridgehead atoms. The van der Waals surface area contributed by atoms with E-state index in [1.54, 1.807) is 30.3 Å². The Balaban J connectivity index is 1.74. The Morgan fingerprint density at radius 2 is 1.71 bits per heavy atom. The predicted molar refractivity (Wildman–Crippen MR) is 131 cm³/mol. The van der Waals surface area contributed by atoms with E-state index in [2.05, 4.69) is 15.6 Å². The average molecular weight is 483 g/mol. The number of anilines is 2. The lowest BCUT2D eigenvalue weighted by atomic mass is 9.95. The topological polar surface area (TPSA) is 126 Å². The van der Waals surface area contributed by atoms with Crippen LogP contribution < -0.4 is 22.1 Å². The Bertz CT molecular complexity index is 1190. The molecule has 0 radical (unpaired) electrons. The molecule has 3 aromatic rings. The van der Waals surface area contributed by atoms with Crippen LogP contribution in [0.2, 0.25) is 0 Å². The molecule has 0 spiro atoms. The molecule has 1 aromatic heterocycles. The van der Waals surface area contributed by atoms with Crippen molar-refractivity contribution >= 4 is 23.3 Å². The monoisotopic (exact) mass is 482 g/mol. The first-order valence-electron chi connectivity index (χ1n) is 10.9. The maximum absolute atomic E-state index is 13.8. The summed E-state index contributed by atoms with van der Waals surface area (Å²) in [7, 11) is 3.66. The van der Waals surface area contributed by atoms with Gasteiger partial charge in [-0.15, -0.1) is 0 Å². The summed E-state index contributed by atoms with van der Waals surface area (Å²) in [6.07, 6.45) is 2.42. The number of hydrogen-bond acceptors (Lipinski definition) is 5. The van der Waals surface area contributed by atoms with Crippen molar-refractivity contribution in [2.24, 2.45) is 5.73 Å². The lowest BCUT2D eigenvalue weighted by Crippen LogP contribution is -2.34. The van der Waals surface area contributed by atoms with E-state index in [0.29, 0.717) is 35.3 Å². The van der Waals surface area contributed by atoms with E-state index in [-0.39, 0.29) is 11.7 Å². The number of carbonyl (C=O) groups excluding carboxylic acids is 2. The molecule has 0 fully saturated rings. The number of benzene rings is 2. The van der Waals surface area contributed by atoms with Crippen molar-refractivity contribution in [1.82, 2.24) is 15.2 Å². The minimum Gasteiger partial charge on any atom is -0.397 e. The van der Waals surface area contributed by atoms with Crippen molar-refractivity contribution in [3.05, 3.63) is 89.2 Å². The number of rotatable bonds is 9. The van der Waals surface area contributed by atoms with Crippen molar-refractivity contribution in [2.45, 2.75) is 24.9 Å². The number of hydrogen-bond donors (Lipinski definition) is 4. The standard InChI is InChI=1S/C25H28F2N6O2/c1-33(2)23(15-7-9-17(26)18(27)13-15)12-11-20(32-25(29)35)16-8-10-22(30-14-16)24(34)31-21-6-4-3-5-19(21)28/h3-10,13-14,20,23H,11-12,28H2,1-2H3,(H,31,34)(H3,29,32,35). The fourth-order valence-corrected chi connectivity index (χ4v) is 3.80. The van der Waals surface area contributed by atoms with E-state index < -0.39 is 29.6 Å². The van der Waals surface area contributed by atoms with Gasteiger partial charge in [-0.2, -0.15) is 0 Å². The molecule has 2 unspecified atom stereocenters. The van der Waals surface area contributed by atoms with Crippen molar-refractivity contribution in [3.8, 4) is 0 Å². The van der Waals surface area contributed by atoms with Crippen molar-refractivity contribution < 1.29 is 18.4 Å². The van der Waals surface area contributed by atoms with Gasteiger partial charge < -0.3 is 27.0 Å². The first-order chi connectivity index (χ1) is 16.7. The summed E-state index contributed by atoms with van der Waals surface area (Å²) in [5.74, 6) is -2.26. The number of para-hydroxylation sites is 2. The summed E-state index contributed by atoms with van der Waals surface area (Å²) in [6.45, 7) is 0. The van der Waals surface area contributed by atoms with Gasteiger partial charge in [-0.25, -0.2) is 13.6 Å². The van der Waals surface area contributed by atoms with Crippen LogP contribution in [-0.4, -0.2) is 35.9 Å². The predicted octanol–water partition coefficient (Wildman–Crippen LogP) is 3.99. The van der Waals surface area contributed by atoms with Crippen LogP contribution in [0, 0.1) is 11.6 Å². The van der Waals surface area contributed by atoms with Gasteiger partial charge >= 0.3 is 6.03 Å². The molecule has 6 N–H and O–H groups in total. The minimum absolute atomic E-state index is 0.169. The van der Waals surface area contributed by atoms with Crippen LogP contribution >= 0.6 is 0 Å². The highest BCUT2D eigenvalue weighted by Crippen LogP contribution is 2.29. The highest BCUT2D eigenvalue weighted by Gasteiger charge is 2.21. The van der Waals surface area contributed by atoms with Gasteiger partial charge in [0.2, 0.25) is 0 Å². The first-order valence-corrected chi connectivity index (χ1v) is 10.9. The van der Waals surface area contributed by atoms with E-state index in [0.717, 1.165) is 6.07 Å². The molecule has 2 atom stereocenters. The van der Waals surface area contributed by atoms with E-state index in [9.17, 15) is 18.4 Å². The van der Waals surface area contributed by atoms with Crippen LogP contribution in [0.5, 0.6) is 0 Å². The number of amides is 3. The van der Waals surface area contributed by atoms with Crippen LogP contribution in [0.15, 0.2) is 60.8 Å². The molecule has 10 heteroatoms. The molecular formula is C25H28F2N6O2. The van der Waals surface area contributed by atoms with Crippen LogP contribution in [0.3, 0.4) is 0 Å². The zero-order valence-corrected chi connectivity index (χ0v) is 19.5. The molecule has 0 aliphatic heterocycles. The van der Waals surface area contributed by atoms with Gasteiger partial charge in [-0.3, -0.25) is 9.78 Å². The molecule has 0 aliphatic rings. The number of urea groups is 1. The second kappa shape index (κ2) is 11.4. The number of carbonyl (C=O) groups is 2. The van der Waals surface area contributed by atoms with E-state index in [1.807, 2.05) is 19.0 Å². The van der Waals surface area contributed by atoms with Crippen LogP contribution in [0.1, 0.15) is 46.5 Å². The van der Waals surface area contributed by atoms with E-state index in [1.165, 1.54) is 24.4 Å². The second-order valence-electron chi connectivity index (χ2n) is 8.31. The number of nitrogen functional groups attached to an aromatic ring is 1. The van der Waals surface area contributed by atoms with Gasteiger partial charge in [0.05, 0.1) is 17.4 Å². The second-order valence-corrected chi connectivity index (χ2v) is 8.31. The summed E-state index contributed by atoms with van der Waals surface area (Å²) >= 11 is 0. The smallest absolute Gasteiger partial charge is 0.312 e. The molecule has 0 aliphatic carbocycles. The van der Waals surface area contributed by atoms with Crippen LogP contribution in [0.4, 0.5) is 25.0 Å². The van der Waals surface area contributed by atoms with Gasteiger partial charge in [0, 0.05) is 12.2 Å². The molecule has 0 saturated heterocycles. The van der Waals surface area contributed by atoms with Crippen molar-refractivity contribution in [2.75, 3.05) is 25.1 Å². The zero-order chi connectivity index (χ0) is 25.5. The van der Waals surface area contributed by atoms with Crippen molar-refractivity contribution in [3.63, 3.8) is 0 Å².